The number of hydrogen-bond acceptors (Lipinski definition) is 3. The predicted molar refractivity (Wildman–Crippen MR) is 37.8 cm³/mol. The number of nitrogens with zero attached hydrogens (tertiary/aromatic N) is 1. The molecule has 2 rings (SSSR count). The highest BCUT2D eigenvalue weighted by atomic mass is 32.2. The van der Waals surface area contributed by atoms with Gasteiger partial charge in [-0.2, -0.15) is 0 Å². The standard InChI is InChI=1S/C6H7NOS/c8-7-6-4-1-2-5(3-4)9-6/h1-2,4-5,8H,3H2/b7-6+. The summed E-state index contributed by atoms with van der Waals surface area (Å²) in [6.45, 7) is 0. The van der Waals surface area contributed by atoms with Crippen LogP contribution in [0.5, 0.6) is 0 Å². The quantitative estimate of drug-likeness (QED) is 0.315. The molecule has 2 unspecified atom stereocenters. The van der Waals surface area contributed by atoms with Gasteiger partial charge in [0.1, 0.15) is 5.04 Å². The number of fused-ring (bicyclic) bond motifs is 2. The fourth-order valence-corrected chi connectivity index (χ4v) is 2.46. The minimum absolute atomic E-state index is 0.435. The minimum Gasteiger partial charge on any atom is -0.410 e. The van der Waals surface area contributed by atoms with Crippen LogP contribution in [-0.2, 0) is 0 Å². The van der Waals surface area contributed by atoms with Crippen molar-refractivity contribution < 1.29 is 5.21 Å². The molecule has 3 heteroatoms. The smallest absolute Gasteiger partial charge is 0.120 e. The number of rotatable bonds is 0. The van der Waals surface area contributed by atoms with Gasteiger partial charge in [0.15, 0.2) is 0 Å². The second kappa shape index (κ2) is 1.77. The van der Waals surface area contributed by atoms with Gasteiger partial charge in [-0.25, -0.2) is 0 Å². The van der Waals surface area contributed by atoms with Crippen molar-refractivity contribution in [3.63, 3.8) is 0 Å². The number of allylic oxidation sites excluding steroid dienone is 1. The fraction of sp³-hybridized carbons (Fsp3) is 0.500. The van der Waals surface area contributed by atoms with E-state index in [0.717, 1.165) is 11.5 Å². The van der Waals surface area contributed by atoms with E-state index in [1.54, 1.807) is 11.8 Å². The Hall–Kier alpha value is -0.440. The Bertz CT molecular complexity index is 187. The summed E-state index contributed by atoms with van der Waals surface area (Å²) < 4.78 is 0. The molecule has 2 bridgehead atoms. The lowest BCUT2D eigenvalue weighted by Gasteiger charge is -2.01. The van der Waals surface area contributed by atoms with Crippen molar-refractivity contribution in [3.05, 3.63) is 12.2 Å². The Morgan fingerprint density at radius 2 is 2.56 bits per heavy atom. The Balaban J connectivity index is 2.29. The normalized spacial score (nSPS) is 42.9. The lowest BCUT2D eigenvalue weighted by atomic mass is 10.1. The maximum Gasteiger partial charge on any atom is 0.120 e. The van der Waals surface area contributed by atoms with E-state index >= 15 is 0 Å². The van der Waals surface area contributed by atoms with Gasteiger partial charge in [0.2, 0.25) is 0 Å². The van der Waals surface area contributed by atoms with Gasteiger partial charge in [0.25, 0.3) is 0 Å². The zero-order valence-electron chi connectivity index (χ0n) is 4.82. The van der Waals surface area contributed by atoms with Crippen LogP contribution >= 0.6 is 11.8 Å². The van der Waals surface area contributed by atoms with Crippen LogP contribution in [0.1, 0.15) is 6.42 Å². The van der Waals surface area contributed by atoms with E-state index in [1.165, 1.54) is 0 Å². The third-order valence-electron chi connectivity index (χ3n) is 1.73. The van der Waals surface area contributed by atoms with E-state index in [1.807, 2.05) is 0 Å². The number of hydrogen-bond donors (Lipinski definition) is 1. The highest BCUT2D eigenvalue weighted by molar-refractivity contribution is 8.15. The summed E-state index contributed by atoms with van der Waals surface area (Å²) in [5.41, 5.74) is 0. The van der Waals surface area contributed by atoms with Gasteiger partial charge in [0, 0.05) is 11.2 Å². The molecule has 0 aromatic carbocycles. The molecule has 1 aliphatic carbocycles. The second-order valence-corrected chi connectivity index (χ2v) is 3.58. The van der Waals surface area contributed by atoms with Crippen molar-refractivity contribution >= 4 is 16.8 Å². The molecule has 48 valence electrons. The Morgan fingerprint density at radius 1 is 1.67 bits per heavy atom. The van der Waals surface area contributed by atoms with Crippen LogP contribution in [0.25, 0.3) is 0 Å². The first-order valence-electron chi connectivity index (χ1n) is 2.97. The number of thioether (sulfide) groups is 1. The van der Waals surface area contributed by atoms with Crippen LogP contribution in [0.15, 0.2) is 17.3 Å². The average molecular weight is 141 g/mol. The summed E-state index contributed by atoms with van der Waals surface area (Å²) in [6, 6.07) is 0. The topological polar surface area (TPSA) is 32.6 Å². The molecule has 2 nitrogen and oxygen atoms in total. The summed E-state index contributed by atoms with van der Waals surface area (Å²) >= 11 is 1.67. The van der Waals surface area contributed by atoms with Gasteiger partial charge in [-0.15, -0.1) is 0 Å². The Kier molecular flexibility index (Phi) is 1.05. The Labute approximate surface area is 57.6 Å². The monoisotopic (exact) mass is 141 g/mol. The summed E-state index contributed by atoms with van der Waals surface area (Å²) in [6.07, 6.45) is 5.45. The molecular formula is C6H7NOS. The van der Waals surface area contributed by atoms with Crippen LogP contribution < -0.4 is 0 Å². The van der Waals surface area contributed by atoms with Crippen LogP contribution in [0, 0.1) is 5.92 Å². The number of oxime groups is 1. The molecular weight excluding hydrogens is 134 g/mol. The van der Waals surface area contributed by atoms with Crippen molar-refractivity contribution in [3.8, 4) is 0 Å². The molecule has 0 aromatic heterocycles. The summed E-state index contributed by atoms with van der Waals surface area (Å²) in [5.74, 6) is 0.435. The van der Waals surface area contributed by atoms with Crippen LogP contribution in [0.3, 0.4) is 0 Å². The van der Waals surface area contributed by atoms with Crippen molar-refractivity contribution in [1.82, 2.24) is 0 Å². The second-order valence-electron chi connectivity index (χ2n) is 2.32. The maximum absolute atomic E-state index is 8.42. The van der Waals surface area contributed by atoms with Crippen LogP contribution in [-0.4, -0.2) is 15.5 Å². The Morgan fingerprint density at radius 3 is 2.89 bits per heavy atom. The first-order valence-corrected chi connectivity index (χ1v) is 3.85. The fourth-order valence-electron chi connectivity index (χ4n) is 1.28. The van der Waals surface area contributed by atoms with Gasteiger partial charge >= 0.3 is 0 Å². The first-order chi connectivity index (χ1) is 4.40. The van der Waals surface area contributed by atoms with Gasteiger partial charge < -0.3 is 5.21 Å². The van der Waals surface area contributed by atoms with Gasteiger partial charge in [-0.1, -0.05) is 29.1 Å². The highest BCUT2D eigenvalue weighted by Crippen LogP contribution is 2.40. The van der Waals surface area contributed by atoms with E-state index in [0.29, 0.717) is 11.2 Å². The maximum atomic E-state index is 8.42. The van der Waals surface area contributed by atoms with Crippen molar-refractivity contribution in [2.75, 3.05) is 0 Å². The summed E-state index contributed by atoms with van der Waals surface area (Å²) in [5, 5.41) is 13.1. The molecule has 1 aliphatic heterocycles. The zero-order valence-corrected chi connectivity index (χ0v) is 5.64. The molecule has 0 spiro atoms. The molecule has 0 aromatic rings. The zero-order chi connectivity index (χ0) is 6.27. The molecule has 1 N–H and O–H groups in total. The van der Waals surface area contributed by atoms with Gasteiger partial charge in [-0.05, 0) is 6.42 Å². The SMILES string of the molecule is O/N=C1/SC2C=CC1C2. The lowest BCUT2D eigenvalue weighted by Crippen LogP contribution is -1.99. The largest absolute Gasteiger partial charge is 0.410 e. The third kappa shape index (κ3) is 0.678. The van der Waals surface area contributed by atoms with Crippen LogP contribution in [0.4, 0.5) is 0 Å². The predicted octanol–water partition coefficient (Wildman–Crippen LogP) is 1.47. The highest BCUT2D eigenvalue weighted by Gasteiger charge is 2.33. The minimum atomic E-state index is 0.435. The van der Waals surface area contributed by atoms with Crippen molar-refractivity contribution in [2.24, 2.45) is 11.1 Å². The van der Waals surface area contributed by atoms with Crippen molar-refractivity contribution in [1.29, 1.82) is 0 Å². The molecule has 0 saturated carbocycles. The van der Waals surface area contributed by atoms with Gasteiger partial charge in [0.05, 0.1) is 0 Å². The third-order valence-corrected chi connectivity index (χ3v) is 3.01. The molecule has 1 fully saturated rings. The van der Waals surface area contributed by atoms with E-state index in [4.69, 9.17) is 5.21 Å². The molecule has 2 atom stereocenters. The lowest BCUT2D eigenvalue weighted by molar-refractivity contribution is 0.318. The summed E-state index contributed by atoms with van der Waals surface area (Å²) in [4.78, 5) is 0. The van der Waals surface area contributed by atoms with Crippen LogP contribution in [0.2, 0.25) is 0 Å². The van der Waals surface area contributed by atoms with Crippen molar-refractivity contribution in [2.45, 2.75) is 11.7 Å². The first kappa shape index (κ1) is 5.35. The van der Waals surface area contributed by atoms with Gasteiger partial charge in [-0.3, -0.25) is 0 Å². The average Bonchev–Trinajstić information content (AvgIpc) is 2.45. The molecule has 0 radical (unpaired) electrons. The van der Waals surface area contributed by atoms with E-state index in [-0.39, 0.29) is 0 Å². The van der Waals surface area contributed by atoms with E-state index in [9.17, 15) is 0 Å². The molecule has 0 amide bonds. The molecule has 1 saturated heterocycles. The summed E-state index contributed by atoms with van der Waals surface area (Å²) in [7, 11) is 0. The molecule has 9 heavy (non-hydrogen) atoms. The van der Waals surface area contributed by atoms with E-state index in [2.05, 4.69) is 17.3 Å². The van der Waals surface area contributed by atoms with E-state index < -0.39 is 0 Å². The molecule has 1 heterocycles. The molecule has 2 aliphatic rings.